The van der Waals surface area contributed by atoms with Crippen LogP contribution in [0.15, 0.2) is 34.4 Å². The predicted octanol–water partition coefficient (Wildman–Crippen LogP) is 0.589. The van der Waals surface area contributed by atoms with Crippen LogP contribution in [0.25, 0.3) is 0 Å². The Kier molecular flexibility index (Phi) is 4.81. The second-order valence-electron chi connectivity index (χ2n) is 5.03. The summed E-state index contributed by atoms with van der Waals surface area (Å²) in [6, 6.07) is 8.90. The minimum Gasteiger partial charge on any atom is -0.369 e. The number of nitrogens with two attached hydrogens (primary N) is 3. The molecule has 1 saturated carbocycles. The van der Waals surface area contributed by atoms with Crippen LogP contribution in [0.3, 0.4) is 0 Å². The molecular weight excluding hydrogens is 252 g/mol. The van der Waals surface area contributed by atoms with Crippen molar-refractivity contribution in [3.63, 3.8) is 0 Å². The van der Waals surface area contributed by atoms with Gasteiger partial charge in [0.1, 0.15) is 0 Å². The monoisotopic (exact) mass is 274 g/mol. The highest BCUT2D eigenvalue weighted by atomic mass is 15.4. The summed E-state index contributed by atoms with van der Waals surface area (Å²) in [6.07, 6.45) is 4.61. The number of guanidine groups is 2. The minimum atomic E-state index is -0.0705. The van der Waals surface area contributed by atoms with E-state index in [2.05, 4.69) is 39.8 Å². The number of hydrogen-bond acceptors (Lipinski definition) is 2. The van der Waals surface area contributed by atoms with E-state index in [0.29, 0.717) is 6.54 Å². The van der Waals surface area contributed by atoms with E-state index in [4.69, 9.17) is 17.2 Å². The van der Waals surface area contributed by atoms with E-state index in [1.807, 2.05) is 0 Å². The van der Waals surface area contributed by atoms with Crippen LogP contribution in [0.4, 0.5) is 0 Å². The molecule has 7 N–H and O–H groups in total. The van der Waals surface area contributed by atoms with Gasteiger partial charge in [-0.2, -0.15) is 0 Å². The molecule has 0 saturated heterocycles. The molecule has 0 heterocycles. The molecule has 1 fully saturated rings. The predicted molar refractivity (Wildman–Crippen MR) is 82.2 cm³/mol. The van der Waals surface area contributed by atoms with Crippen molar-refractivity contribution in [3.8, 4) is 0 Å². The lowest BCUT2D eigenvalue weighted by atomic mass is 10.1. The van der Waals surface area contributed by atoms with Crippen LogP contribution in [0.2, 0.25) is 0 Å². The average Bonchev–Trinajstić information content (AvgIpc) is 3.26. The molecule has 0 aromatic heterocycles. The van der Waals surface area contributed by atoms with Gasteiger partial charge in [0.15, 0.2) is 0 Å². The van der Waals surface area contributed by atoms with E-state index in [9.17, 15) is 0 Å². The fourth-order valence-electron chi connectivity index (χ4n) is 2.01. The van der Waals surface area contributed by atoms with E-state index in [0.717, 1.165) is 18.8 Å². The van der Waals surface area contributed by atoms with E-state index in [1.54, 1.807) is 0 Å². The van der Waals surface area contributed by atoms with E-state index in [-0.39, 0.29) is 11.9 Å². The standard InChI is InChI=1S/C14H22N6/c15-13(16)19-20-14(17)18-9-1-2-10-3-5-11(6-4-10)12-7-8-12/h3-6,12H,1-2,7-9H2,(H4,15,16,19)(H3,17,18,20). The number of nitrogens with zero attached hydrogens (tertiary/aromatic N) is 2. The SMILES string of the molecule is NC(N)=NNC(N)=NCCCc1ccc(C2CC2)cc1. The summed E-state index contributed by atoms with van der Waals surface area (Å²) < 4.78 is 0. The molecule has 20 heavy (non-hydrogen) atoms. The Balaban J connectivity index is 1.69. The van der Waals surface area contributed by atoms with Crippen molar-refractivity contribution in [1.82, 2.24) is 5.43 Å². The molecule has 1 aromatic carbocycles. The highest BCUT2D eigenvalue weighted by Crippen LogP contribution is 2.39. The van der Waals surface area contributed by atoms with Crippen molar-refractivity contribution in [2.24, 2.45) is 27.3 Å². The molecule has 6 heteroatoms. The fraction of sp³-hybridized carbons (Fsp3) is 0.429. The third kappa shape index (κ3) is 4.79. The fourth-order valence-corrected chi connectivity index (χ4v) is 2.01. The van der Waals surface area contributed by atoms with Crippen LogP contribution >= 0.6 is 0 Å². The van der Waals surface area contributed by atoms with Crippen molar-refractivity contribution in [2.75, 3.05) is 6.54 Å². The summed E-state index contributed by atoms with van der Waals surface area (Å²) in [6.45, 7) is 0.642. The lowest BCUT2D eigenvalue weighted by molar-refractivity contribution is 0.821. The van der Waals surface area contributed by atoms with Gasteiger partial charge in [-0.15, -0.1) is 5.10 Å². The van der Waals surface area contributed by atoms with Crippen molar-refractivity contribution < 1.29 is 0 Å². The lowest BCUT2D eigenvalue weighted by Crippen LogP contribution is -2.33. The first kappa shape index (κ1) is 14.2. The van der Waals surface area contributed by atoms with Gasteiger partial charge in [0.25, 0.3) is 0 Å². The quantitative estimate of drug-likeness (QED) is 0.263. The van der Waals surface area contributed by atoms with Crippen molar-refractivity contribution >= 4 is 11.9 Å². The molecule has 108 valence electrons. The molecule has 2 rings (SSSR count). The van der Waals surface area contributed by atoms with Crippen LogP contribution in [-0.4, -0.2) is 18.5 Å². The van der Waals surface area contributed by atoms with E-state index in [1.165, 1.54) is 24.0 Å². The van der Waals surface area contributed by atoms with Crippen LogP contribution in [0.5, 0.6) is 0 Å². The van der Waals surface area contributed by atoms with Crippen LogP contribution < -0.4 is 22.6 Å². The molecule has 0 aliphatic heterocycles. The van der Waals surface area contributed by atoms with Gasteiger partial charge in [-0.3, -0.25) is 4.99 Å². The van der Waals surface area contributed by atoms with Gasteiger partial charge in [0, 0.05) is 6.54 Å². The van der Waals surface area contributed by atoms with Crippen LogP contribution in [-0.2, 0) is 6.42 Å². The zero-order valence-electron chi connectivity index (χ0n) is 11.5. The highest BCUT2D eigenvalue weighted by Gasteiger charge is 2.22. The molecule has 0 spiro atoms. The molecular formula is C14H22N6. The van der Waals surface area contributed by atoms with Gasteiger partial charge in [0.05, 0.1) is 0 Å². The Morgan fingerprint density at radius 1 is 1.15 bits per heavy atom. The Labute approximate surface area is 119 Å². The summed E-state index contributed by atoms with van der Waals surface area (Å²) in [5.41, 5.74) is 21.2. The van der Waals surface area contributed by atoms with Crippen molar-refractivity contribution in [3.05, 3.63) is 35.4 Å². The Morgan fingerprint density at radius 3 is 2.45 bits per heavy atom. The smallest absolute Gasteiger partial charge is 0.209 e. The summed E-state index contributed by atoms with van der Waals surface area (Å²) in [4.78, 5) is 4.13. The topological polar surface area (TPSA) is 115 Å². The van der Waals surface area contributed by atoms with E-state index >= 15 is 0 Å². The first-order valence-corrected chi connectivity index (χ1v) is 6.88. The molecule has 1 aliphatic carbocycles. The maximum absolute atomic E-state index is 5.58. The number of rotatable bonds is 6. The minimum absolute atomic E-state index is 0.0705. The van der Waals surface area contributed by atoms with Crippen molar-refractivity contribution in [2.45, 2.75) is 31.6 Å². The number of hydrogen-bond donors (Lipinski definition) is 4. The molecule has 0 amide bonds. The molecule has 0 bridgehead atoms. The van der Waals surface area contributed by atoms with Crippen LogP contribution in [0, 0.1) is 0 Å². The average molecular weight is 274 g/mol. The second-order valence-corrected chi connectivity index (χ2v) is 5.03. The summed E-state index contributed by atoms with van der Waals surface area (Å²) in [7, 11) is 0. The molecule has 0 unspecified atom stereocenters. The second kappa shape index (κ2) is 6.79. The molecule has 0 atom stereocenters. The Morgan fingerprint density at radius 2 is 1.85 bits per heavy atom. The number of aliphatic imine (C=N–C) groups is 1. The Hall–Kier alpha value is -2.24. The van der Waals surface area contributed by atoms with E-state index < -0.39 is 0 Å². The zero-order chi connectivity index (χ0) is 14.4. The first-order valence-electron chi connectivity index (χ1n) is 6.88. The highest BCUT2D eigenvalue weighted by molar-refractivity contribution is 5.81. The van der Waals surface area contributed by atoms with Crippen molar-refractivity contribution in [1.29, 1.82) is 0 Å². The van der Waals surface area contributed by atoms with Gasteiger partial charge in [-0.25, -0.2) is 5.43 Å². The molecule has 6 nitrogen and oxygen atoms in total. The van der Waals surface area contributed by atoms with Gasteiger partial charge in [0.2, 0.25) is 11.9 Å². The first-order chi connectivity index (χ1) is 9.65. The van der Waals surface area contributed by atoms with Gasteiger partial charge < -0.3 is 17.2 Å². The largest absolute Gasteiger partial charge is 0.369 e. The Bertz CT molecular complexity index is 483. The van der Waals surface area contributed by atoms with Gasteiger partial charge >= 0.3 is 0 Å². The molecule has 0 radical (unpaired) electrons. The third-order valence-corrected chi connectivity index (χ3v) is 3.23. The molecule has 1 aliphatic rings. The number of aryl methyl sites for hydroxylation is 1. The lowest BCUT2D eigenvalue weighted by Gasteiger charge is -2.03. The number of benzene rings is 1. The normalized spacial score (nSPS) is 14.9. The zero-order valence-corrected chi connectivity index (χ0v) is 11.5. The van der Waals surface area contributed by atoms with Gasteiger partial charge in [-0.05, 0) is 42.7 Å². The maximum atomic E-state index is 5.58. The number of hydrazone groups is 1. The third-order valence-electron chi connectivity index (χ3n) is 3.23. The summed E-state index contributed by atoms with van der Waals surface area (Å²) >= 11 is 0. The summed E-state index contributed by atoms with van der Waals surface area (Å²) in [5.74, 6) is 0.969. The molecule has 1 aromatic rings. The van der Waals surface area contributed by atoms with Crippen LogP contribution in [0.1, 0.15) is 36.3 Å². The summed E-state index contributed by atoms with van der Waals surface area (Å²) in [5, 5.41) is 3.56. The number of nitrogens with one attached hydrogen (secondary N) is 1. The maximum Gasteiger partial charge on any atom is 0.209 e. The van der Waals surface area contributed by atoms with Gasteiger partial charge in [-0.1, -0.05) is 24.3 Å².